The zero-order valence-electron chi connectivity index (χ0n) is 14.5. The SMILES string of the molecule is CSC(SC)=C(C)C(C)(O)[C@@H]1C[C@H]1/C=C/c1ccc2c(c1)OCO2. The van der Waals surface area contributed by atoms with Crippen molar-refractivity contribution in [3.05, 3.63) is 39.6 Å². The van der Waals surface area contributed by atoms with E-state index in [1.54, 1.807) is 23.5 Å². The highest BCUT2D eigenvalue weighted by Crippen LogP contribution is 2.52. The summed E-state index contributed by atoms with van der Waals surface area (Å²) < 4.78 is 12.0. The molecule has 1 heterocycles. The van der Waals surface area contributed by atoms with E-state index >= 15 is 0 Å². The predicted octanol–water partition coefficient (Wildman–Crippen LogP) is 4.77. The summed E-state index contributed by atoms with van der Waals surface area (Å²) in [7, 11) is 0. The Morgan fingerprint density at radius 3 is 2.67 bits per heavy atom. The first kappa shape index (κ1) is 17.8. The van der Waals surface area contributed by atoms with Gasteiger partial charge in [0.25, 0.3) is 0 Å². The Kier molecular flexibility index (Phi) is 5.23. The van der Waals surface area contributed by atoms with Gasteiger partial charge in [0.05, 0.1) is 5.60 Å². The Morgan fingerprint density at radius 1 is 1.25 bits per heavy atom. The van der Waals surface area contributed by atoms with Crippen molar-refractivity contribution < 1.29 is 14.6 Å². The molecule has 3 atom stereocenters. The quantitative estimate of drug-likeness (QED) is 0.787. The number of allylic oxidation sites excluding steroid dienone is 1. The number of benzene rings is 1. The summed E-state index contributed by atoms with van der Waals surface area (Å²) in [6.45, 7) is 4.31. The zero-order valence-corrected chi connectivity index (χ0v) is 16.2. The van der Waals surface area contributed by atoms with Crippen LogP contribution in [-0.2, 0) is 0 Å². The van der Waals surface area contributed by atoms with Crippen LogP contribution in [0.15, 0.2) is 34.1 Å². The molecule has 1 saturated carbocycles. The maximum atomic E-state index is 11.0. The average molecular weight is 365 g/mol. The smallest absolute Gasteiger partial charge is 0.231 e. The second-order valence-corrected chi connectivity index (χ2v) is 8.34. The first-order valence-electron chi connectivity index (χ1n) is 8.07. The van der Waals surface area contributed by atoms with Crippen molar-refractivity contribution in [1.29, 1.82) is 0 Å². The summed E-state index contributed by atoms with van der Waals surface area (Å²) in [6, 6.07) is 5.97. The molecular weight excluding hydrogens is 340 g/mol. The van der Waals surface area contributed by atoms with Crippen LogP contribution < -0.4 is 9.47 Å². The van der Waals surface area contributed by atoms with Gasteiger partial charge in [0, 0.05) is 4.24 Å². The lowest BCUT2D eigenvalue weighted by molar-refractivity contribution is 0.0714. The van der Waals surface area contributed by atoms with Gasteiger partial charge in [-0.3, -0.25) is 0 Å². The fourth-order valence-electron chi connectivity index (χ4n) is 3.20. The van der Waals surface area contributed by atoms with Crippen LogP contribution >= 0.6 is 23.5 Å². The summed E-state index contributed by atoms with van der Waals surface area (Å²) >= 11 is 3.42. The van der Waals surface area contributed by atoms with E-state index in [4.69, 9.17) is 9.47 Å². The molecule has 1 N–H and O–H groups in total. The molecule has 0 aromatic heterocycles. The molecule has 1 aromatic carbocycles. The van der Waals surface area contributed by atoms with Crippen LogP contribution in [0.5, 0.6) is 11.5 Å². The summed E-state index contributed by atoms with van der Waals surface area (Å²) in [5.74, 6) is 2.32. The van der Waals surface area contributed by atoms with E-state index in [9.17, 15) is 5.11 Å². The third-order valence-electron chi connectivity index (χ3n) is 4.93. The molecule has 1 aliphatic carbocycles. The number of ether oxygens (including phenoxy) is 2. The molecule has 24 heavy (non-hydrogen) atoms. The molecule has 0 saturated heterocycles. The lowest BCUT2D eigenvalue weighted by Crippen LogP contribution is -2.30. The van der Waals surface area contributed by atoms with Gasteiger partial charge in [0.2, 0.25) is 6.79 Å². The minimum absolute atomic E-state index is 0.289. The topological polar surface area (TPSA) is 38.7 Å². The van der Waals surface area contributed by atoms with Crippen molar-refractivity contribution in [2.75, 3.05) is 19.3 Å². The number of hydrogen-bond donors (Lipinski definition) is 1. The monoisotopic (exact) mass is 364 g/mol. The lowest BCUT2D eigenvalue weighted by Gasteiger charge is -2.26. The van der Waals surface area contributed by atoms with Crippen molar-refractivity contribution in [3.63, 3.8) is 0 Å². The second kappa shape index (κ2) is 7.06. The van der Waals surface area contributed by atoms with Crippen molar-refractivity contribution >= 4 is 29.6 Å². The van der Waals surface area contributed by atoms with E-state index in [0.29, 0.717) is 12.7 Å². The van der Waals surface area contributed by atoms with Crippen LogP contribution in [-0.4, -0.2) is 30.0 Å². The van der Waals surface area contributed by atoms with Crippen molar-refractivity contribution in [2.24, 2.45) is 11.8 Å². The van der Waals surface area contributed by atoms with Gasteiger partial charge in [-0.2, -0.15) is 0 Å². The molecule has 3 nitrogen and oxygen atoms in total. The van der Waals surface area contributed by atoms with Gasteiger partial charge in [-0.05, 0) is 67.9 Å². The van der Waals surface area contributed by atoms with Crippen LogP contribution in [0.3, 0.4) is 0 Å². The number of aliphatic hydroxyl groups is 1. The number of fused-ring (bicyclic) bond motifs is 1. The van der Waals surface area contributed by atoms with E-state index in [0.717, 1.165) is 29.1 Å². The molecule has 3 rings (SSSR count). The predicted molar refractivity (Wildman–Crippen MR) is 104 cm³/mol. The molecule has 0 radical (unpaired) electrons. The number of thioether (sulfide) groups is 2. The first-order valence-corrected chi connectivity index (χ1v) is 10.5. The zero-order chi connectivity index (χ0) is 17.3. The van der Waals surface area contributed by atoms with Gasteiger partial charge < -0.3 is 14.6 Å². The molecule has 2 aliphatic rings. The third kappa shape index (κ3) is 3.48. The molecule has 130 valence electrons. The van der Waals surface area contributed by atoms with Crippen LogP contribution in [0.1, 0.15) is 25.8 Å². The number of hydrogen-bond acceptors (Lipinski definition) is 5. The fourth-order valence-corrected chi connectivity index (χ4v) is 4.89. The maximum Gasteiger partial charge on any atom is 0.231 e. The Labute approximate surface area is 152 Å². The minimum Gasteiger partial charge on any atom is -0.454 e. The van der Waals surface area contributed by atoms with Crippen molar-refractivity contribution in [3.8, 4) is 11.5 Å². The normalized spacial score (nSPS) is 24.0. The van der Waals surface area contributed by atoms with Crippen LogP contribution in [0.25, 0.3) is 6.08 Å². The van der Waals surface area contributed by atoms with E-state index in [2.05, 4.69) is 31.6 Å². The molecule has 1 aromatic rings. The highest BCUT2D eigenvalue weighted by molar-refractivity contribution is 8.21. The second-order valence-electron chi connectivity index (χ2n) is 6.45. The van der Waals surface area contributed by atoms with Crippen LogP contribution in [0, 0.1) is 11.8 Å². The van der Waals surface area contributed by atoms with Crippen molar-refractivity contribution in [1.82, 2.24) is 0 Å². The Bertz CT molecular complexity index is 673. The molecule has 1 aliphatic heterocycles. The Balaban J connectivity index is 1.68. The molecule has 0 amide bonds. The first-order chi connectivity index (χ1) is 11.5. The van der Waals surface area contributed by atoms with E-state index in [1.165, 1.54) is 4.24 Å². The van der Waals surface area contributed by atoms with Crippen molar-refractivity contribution in [2.45, 2.75) is 25.9 Å². The van der Waals surface area contributed by atoms with E-state index in [-0.39, 0.29) is 5.92 Å². The van der Waals surface area contributed by atoms with Gasteiger partial charge in [-0.1, -0.05) is 18.2 Å². The summed E-state index contributed by atoms with van der Waals surface area (Å²) in [6.07, 6.45) is 9.49. The molecule has 0 bridgehead atoms. The van der Waals surface area contributed by atoms with E-state index in [1.807, 2.05) is 25.1 Å². The fraction of sp³-hybridized carbons (Fsp3) is 0.474. The summed E-state index contributed by atoms with van der Waals surface area (Å²) in [4.78, 5) is 0. The van der Waals surface area contributed by atoms with Gasteiger partial charge in [-0.15, -0.1) is 23.5 Å². The number of rotatable bonds is 6. The third-order valence-corrected chi connectivity index (χ3v) is 7.28. The Morgan fingerprint density at radius 2 is 1.96 bits per heavy atom. The minimum atomic E-state index is -0.745. The van der Waals surface area contributed by atoms with Gasteiger partial charge in [-0.25, -0.2) is 0 Å². The summed E-state index contributed by atoms with van der Waals surface area (Å²) in [5.41, 5.74) is 1.45. The molecule has 0 spiro atoms. The molecular formula is C19H24O3S2. The van der Waals surface area contributed by atoms with E-state index < -0.39 is 5.60 Å². The molecule has 1 unspecified atom stereocenters. The lowest BCUT2D eigenvalue weighted by atomic mass is 9.91. The highest BCUT2D eigenvalue weighted by atomic mass is 32.2. The standard InChI is InChI=1S/C19H24O3S2/c1-12(18(23-3)24-4)19(2,20)15-10-14(15)7-5-13-6-8-16-17(9-13)22-11-21-16/h5-9,14-15,20H,10-11H2,1-4H3/b7-5+/t14-,15-,19?/m1/s1. The van der Waals surface area contributed by atoms with Gasteiger partial charge in [0.1, 0.15) is 0 Å². The largest absolute Gasteiger partial charge is 0.454 e. The summed E-state index contributed by atoms with van der Waals surface area (Å²) in [5, 5.41) is 11.0. The Hall–Kier alpha value is -1.04. The highest BCUT2D eigenvalue weighted by Gasteiger charge is 2.49. The van der Waals surface area contributed by atoms with Gasteiger partial charge >= 0.3 is 0 Å². The maximum absolute atomic E-state index is 11.0. The van der Waals surface area contributed by atoms with Crippen LogP contribution in [0.4, 0.5) is 0 Å². The van der Waals surface area contributed by atoms with Crippen LogP contribution in [0.2, 0.25) is 0 Å². The average Bonchev–Trinajstić information content (AvgIpc) is 3.23. The molecule has 5 heteroatoms. The molecule has 1 fully saturated rings. The van der Waals surface area contributed by atoms with Gasteiger partial charge in [0.15, 0.2) is 11.5 Å².